The molecular formula is C11H19N3O3. The van der Waals surface area contributed by atoms with Crippen LogP contribution in [0.25, 0.3) is 0 Å². The molecule has 1 aromatic heterocycles. The van der Waals surface area contributed by atoms with E-state index >= 15 is 0 Å². The number of hydrogen-bond donors (Lipinski definition) is 1. The number of rotatable bonds is 6. The summed E-state index contributed by atoms with van der Waals surface area (Å²) in [6.45, 7) is 2.82. The van der Waals surface area contributed by atoms with E-state index in [0.717, 1.165) is 5.69 Å². The fraction of sp³-hybridized carbons (Fsp3) is 0.636. The van der Waals surface area contributed by atoms with E-state index in [2.05, 4.69) is 5.10 Å². The van der Waals surface area contributed by atoms with Crippen molar-refractivity contribution < 1.29 is 14.3 Å². The van der Waals surface area contributed by atoms with Gasteiger partial charge in [0, 0.05) is 27.2 Å². The molecule has 6 heteroatoms. The van der Waals surface area contributed by atoms with Crippen LogP contribution in [0.2, 0.25) is 0 Å². The van der Waals surface area contributed by atoms with Crippen LogP contribution < -0.4 is 5.73 Å². The Labute approximate surface area is 101 Å². The smallest absolute Gasteiger partial charge is 0.358 e. The van der Waals surface area contributed by atoms with Gasteiger partial charge in [-0.3, -0.25) is 4.68 Å². The standard InChI is InChI=1S/C11H19N3O3/c1-4-8-9(12)10(14(2)13-8)11(15)17-7-5-6-16-3/h4-7,12H2,1-3H3. The second-order valence-electron chi connectivity index (χ2n) is 3.67. The first-order chi connectivity index (χ1) is 8.11. The Morgan fingerprint density at radius 1 is 1.47 bits per heavy atom. The largest absolute Gasteiger partial charge is 0.461 e. The van der Waals surface area contributed by atoms with E-state index in [-0.39, 0.29) is 0 Å². The van der Waals surface area contributed by atoms with Gasteiger partial charge in [-0.15, -0.1) is 0 Å². The monoisotopic (exact) mass is 241 g/mol. The van der Waals surface area contributed by atoms with Gasteiger partial charge in [0.05, 0.1) is 18.0 Å². The highest BCUT2D eigenvalue weighted by atomic mass is 16.5. The summed E-state index contributed by atoms with van der Waals surface area (Å²) in [5, 5.41) is 4.16. The second kappa shape index (κ2) is 6.24. The van der Waals surface area contributed by atoms with Crippen LogP contribution in [0.5, 0.6) is 0 Å². The average molecular weight is 241 g/mol. The summed E-state index contributed by atoms with van der Waals surface area (Å²) in [6.07, 6.45) is 1.36. The number of nitrogens with two attached hydrogens (primary N) is 1. The number of aromatic nitrogens is 2. The normalized spacial score (nSPS) is 10.5. The number of anilines is 1. The van der Waals surface area contributed by atoms with E-state index in [0.29, 0.717) is 37.4 Å². The summed E-state index contributed by atoms with van der Waals surface area (Å²) in [7, 11) is 3.29. The minimum Gasteiger partial charge on any atom is -0.461 e. The molecule has 0 aliphatic rings. The highest BCUT2D eigenvalue weighted by molar-refractivity contribution is 5.93. The van der Waals surface area contributed by atoms with Gasteiger partial charge in [0.2, 0.25) is 0 Å². The summed E-state index contributed by atoms with van der Waals surface area (Å²) >= 11 is 0. The zero-order valence-corrected chi connectivity index (χ0v) is 10.5. The molecule has 0 saturated heterocycles. The molecule has 0 bridgehead atoms. The molecule has 0 aliphatic carbocycles. The fourth-order valence-corrected chi connectivity index (χ4v) is 1.54. The number of aryl methyl sites for hydroxylation is 2. The van der Waals surface area contributed by atoms with Gasteiger partial charge in [0.1, 0.15) is 0 Å². The van der Waals surface area contributed by atoms with Crippen molar-refractivity contribution >= 4 is 11.7 Å². The van der Waals surface area contributed by atoms with E-state index < -0.39 is 5.97 Å². The van der Waals surface area contributed by atoms with Crippen LogP contribution in [0.15, 0.2) is 0 Å². The average Bonchev–Trinajstić information content (AvgIpc) is 2.59. The third kappa shape index (κ3) is 3.20. The summed E-state index contributed by atoms with van der Waals surface area (Å²) in [4.78, 5) is 11.8. The number of nitrogens with zero attached hydrogens (tertiary/aromatic N) is 2. The highest BCUT2D eigenvalue weighted by Crippen LogP contribution is 2.17. The Morgan fingerprint density at radius 2 is 2.18 bits per heavy atom. The first-order valence-electron chi connectivity index (χ1n) is 5.59. The van der Waals surface area contributed by atoms with Crippen molar-refractivity contribution in [2.45, 2.75) is 19.8 Å². The van der Waals surface area contributed by atoms with Gasteiger partial charge in [-0.05, 0) is 6.42 Å². The van der Waals surface area contributed by atoms with Crippen molar-refractivity contribution in [3.05, 3.63) is 11.4 Å². The van der Waals surface area contributed by atoms with Crippen LogP contribution in [-0.2, 0) is 22.9 Å². The Hall–Kier alpha value is -1.56. The maximum atomic E-state index is 11.8. The molecule has 0 saturated carbocycles. The van der Waals surface area contributed by atoms with Crippen LogP contribution in [0, 0.1) is 0 Å². The molecule has 0 aliphatic heterocycles. The summed E-state index contributed by atoms with van der Waals surface area (Å²) in [5.74, 6) is -0.437. The molecule has 96 valence electrons. The molecule has 1 heterocycles. The molecule has 0 fully saturated rings. The van der Waals surface area contributed by atoms with E-state index in [1.165, 1.54) is 4.68 Å². The van der Waals surface area contributed by atoms with E-state index in [9.17, 15) is 4.79 Å². The number of carbonyl (C=O) groups is 1. The van der Waals surface area contributed by atoms with Crippen LogP contribution in [0.4, 0.5) is 5.69 Å². The lowest BCUT2D eigenvalue weighted by Crippen LogP contribution is -2.14. The van der Waals surface area contributed by atoms with E-state index in [1.54, 1.807) is 14.2 Å². The van der Waals surface area contributed by atoms with Crippen LogP contribution >= 0.6 is 0 Å². The lowest BCUT2D eigenvalue weighted by molar-refractivity contribution is 0.0457. The summed E-state index contributed by atoms with van der Waals surface area (Å²) in [6, 6.07) is 0. The van der Waals surface area contributed by atoms with Gasteiger partial charge < -0.3 is 15.2 Å². The van der Waals surface area contributed by atoms with Crippen LogP contribution in [0.1, 0.15) is 29.5 Å². The van der Waals surface area contributed by atoms with Gasteiger partial charge in [-0.2, -0.15) is 5.10 Å². The highest BCUT2D eigenvalue weighted by Gasteiger charge is 2.20. The minimum atomic E-state index is -0.437. The number of esters is 1. The summed E-state index contributed by atoms with van der Waals surface area (Å²) in [5.41, 5.74) is 7.28. The van der Waals surface area contributed by atoms with E-state index in [1.807, 2.05) is 6.92 Å². The van der Waals surface area contributed by atoms with Gasteiger partial charge in [-0.25, -0.2) is 4.79 Å². The molecular weight excluding hydrogens is 222 g/mol. The molecule has 1 rings (SSSR count). The number of ether oxygens (including phenoxy) is 2. The van der Waals surface area contributed by atoms with Crippen LogP contribution in [0.3, 0.4) is 0 Å². The number of nitrogen functional groups attached to an aromatic ring is 1. The van der Waals surface area contributed by atoms with Gasteiger partial charge >= 0.3 is 5.97 Å². The molecule has 0 spiro atoms. The van der Waals surface area contributed by atoms with Crippen molar-refractivity contribution in [2.24, 2.45) is 7.05 Å². The van der Waals surface area contributed by atoms with E-state index in [4.69, 9.17) is 15.2 Å². The first-order valence-corrected chi connectivity index (χ1v) is 5.59. The van der Waals surface area contributed by atoms with Gasteiger partial charge in [0.15, 0.2) is 5.69 Å². The third-order valence-electron chi connectivity index (χ3n) is 2.41. The van der Waals surface area contributed by atoms with Crippen molar-refractivity contribution in [3.8, 4) is 0 Å². The molecule has 6 nitrogen and oxygen atoms in total. The molecule has 2 N–H and O–H groups in total. The fourth-order valence-electron chi connectivity index (χ4n) is 1.54. The minimum absolute atomic E-state index is 0.318. The molecule has 0 unspecified atom stereocenters. The maximum absolute atomic E-state index is 11.8. The van der Waals surface area contributed by atoms with Crippen LogP contribution in [-0.4, -0.2) is 36.1 Å². The number of methoxy groups -OCH3 is 1. The van der Waals surface area contributed by atoms with Crippen molar-refractivity contribution in [1.29, 1.82) is 0 Å². The first kappa shape index (κ1) is 13.5. The maximum Gasteiger partial charge on any atom is 0.358 e. The lowest BCUT2D eigenvalue weighted by Gasteiger charge is -2.05. The Bertz CT molecular complexity index is 388. The lowest BCUT2D eigenvalue weighted by atomic mass is 10.2. The van der Waals surface area contributed by atoms with Crippen molar-refractivity contribution in [2.75, 3.05) is 26.1 Å². The molecule has 0 aromatic carbocycles. The predicted molar refractivity (Wildman–Crippen MR) is 63.8 cm³/mol. The molecule has 0 amide bonds. The Kier molecular flexibility index (Phi) is 4.96. The molecule has 0 atom stereocenters. The SMILES string of the molecule is CCc1nn(C)c(C(=O)OCCCOC)c1N. The molecule has 17 heavy (non-hydrogen) atoms. The van der Waals surface area contributed by atoms with Crippen molar-refractivity contribution in [1.82, 2.24) is 9.78 Å². The Balaban J connectivity index is 2.65. The number of hydrogen-bond acceptors (Lipinski definition) is 5. The zero-order chi connectivity index (χ0) is 12.8. The quantitative estimate of drug-likeness (QED) is 0.587. The topological polar surface area (TPSA) is 79.4 Å². The third-order valence-corrected chi connectivity index (χ3v) is 2.41. The zero-order valence-electron chi connectivity index (χ0n) is 10.5. The Morgan fingerprint density at radius 3 is 2.71 bits per heavy atom. The predicted octanol–water partition coefficient (Wildman–Crippen LogP) is 0.758. The number of carbonyl (C=O) groups excluding carboxylic acids is 1. The molecule has 0 radical (unpaired) electrons. The van der Waals surface area contributed by atoms with Crippen molar-refractivity contribution in [3.63, 3.8) is 0 Å². The summed E-state index contributed by atoms with van der Waals surface area (Å²) < 4.78 is 11.4. The van der Waals surface area contributed by atoms with Gasteiger partial charge in [-0.1, -0.05) is 6.92 Å². The molecule has 1 aromatic rings. The second-order valence-corrected chi connectivity index (χ2v) is 3.67. The van der Waals surface area contributed by atoms with Gasteiger partial charge in [0.25, 0.3) is 0 Å².